The highest BCUT2D eigenvalue weighted by atomic mass is 35.5. The second-order valence-corrected chi connectivity index (χ2v) is 6.10. The zero-order valence-electron chi connectivity index (χ0n) is 14.3. The van der Waals surface area contributed by atoms with Crippen LogP contribution in [0, 0.1) is 11.6 Å². The maximum Gasteiger partial charge on any atom is 0.252 e. The fourth-order valence-electron chi connectivity index (χ4n) is 2.60. The number of benzene rings is 3. The highest BCUT2D eigenvalue weighted by Gasteiger charge is 2.12. The summed E-state index contributed by atoms with van der Waals surface area (Å²) in [5.74, 6) is -1.08. The second-order valence-electron chi connectivity index (χ2n) is 5.75. The normalized spacial score (nSPS) is 10.5. The van der Waals surface area contributed by atoms with E-state index in [2.05, 4.69) is 0 Å². The van der Waals surface area contributed by atoms with Crippen molar-refractivity contribution in [3.05, 3.63) is 83.4 Å². The van der Waals surface area contributed by atoms with Crippen molar-refractivity contribution in [1.29, 1.82) is 0 Å². The molecule has 3 nitrogen and oxygen atoms in total. The minimum Gasteiger partial charge on any atom is -0.496 e. The zero-order valence-corrected chi connectivity index (χ0v) is 15.1. The van der Waals surface area contributed by atoms with Crippen molar-refractivity contribution in [2.45, 2.75) is 6.61 Å². The van der Waals surface area contributed by atoms with Crippen LogP contribution in [0.25, 0.3) is 11.1 Å². The Labute approximate surface area is 160 Å². The summed E-state index contributed by atoms with van der Waals surface area (Å²) in [6.45, 7) is 0.256. The monoisotopic (exact) mass is 388 g/mol. The summed E-state index contributed by atoms with van der Waals surface area (Å²) >= 11 is 5.47. The average Bonchev–Trinajstić information content (AvgIpc) is 2.68. The molecule has 3 aromatic carbocycles. The number of carbonyl (C=O) groups excluding carboxylic acids is 1. The molecule has 0 unspecified atom stereocenters. The minimum absolute atomic E-state index is 0.241. The average molecular weight is 389 g/mol. The fourth-order valence-corrected chi connectivity index (χ4v) is 2.72. The minimum atomic E-state index is -0.965. The maximum atomic E-state index is 13.6. The Hall–Kier alpha value is -2.92. The Morgan fingerprint density at radius 2 is 1.70 bits per heavy atom. The first-order chi connectivity index (χ1) is 13.0. The van der Waals surface area contributed by atoms with Gasteiger partial charge in [-0.15, -0.1) is 0 Å². The van der Waals surface area contributed by atoms with Crippen LogP contribution in [0.2, 0.25) is 0 Å². The number of ether oxygens (including phenoxy) is 2. The van der Waals surface area contributed by atoms with Crippen LogP contribution in [0.4, 0.5) is 8.78 Å². The van der Waals surface area contributed by atoms with Gasteiger partial charge in [0, 0.05) is 17.2 Å². The van der Waals surface area contributed by atoms with E-state index in [0.717, 1.165) is 17.7 Å². The molecule has 3 rings (SSSR count). The Bertz CT molecular complexity index is 972. The van der Waals surface area contributed by atoms with E-state index >= 15 is 0 Å². The molecule has 0 saturated heterocycles. The quantitative estimate of drug-likeness (QED) is 0.516. The third-order valence-corrected chi connectivity index (χ3v) is 4.19. The molecule has 27 heavy (non-hydrogen) atoms. The number of halogens is 3. The van der Waals surface area contributed by atoms with Gasteiger partial charge < -0.3 is 9.47 Å². The van der Waals surface area contributed by atoms with E-state index in [1.807, 2.05) is 6.07 Å². The summed E-state index contributed by atoms with van der Waals surface area (Å²) in [6.07, 6.45) is 0. The van der Waals surface area contributed by atoms with Gasteiger partial charge >= 0.3 is 0 Å². The first-order valence-corrected chi connectivity index (χ1v) is 8.41. The van der Waals surface area contributed by atoms with Crippen molar-refractivity contribution < 1.29 is 23.0 Å². The SMILES string of the molecule is COc1cc(F)c(F)cc1-c1ccc(OCc2cccc(C(=O)Cl)c2)cc1. The van der Waals surface area contributed by atoms with E-state index in [0.29, 0.717) is 22.4 Å². The van der Waals surface area contributed by atoms with Crippen molar-refractivity contribution in [3.63, 3.8) is 0 Å². The first-order valence-electron chi connectivity index (χ1n) is 8.03. The smallest absolute Gasteiger partial charge is 0.252 e. The van der Waals surface area contributed by atoms with Crippen molar-refractivity contribution in [2.75, 3.05) is 7.11 Å². The molecule has 0 spiro atoms. The Kier molecular flexibility index (Phi) is 5.72. The molecular formula is C21H15ClF2O3. The predicted octanol–water partition coefficient (Wildman–Crippen LogP) is 5.60. The fraction of sp³-hybridized carbons (Fsp3) is 0.0952. The zero-order chi connectivity index (χ0) is 19.4. The van der Waals surface area contributed by atoms with Crippen LogP contribution in [0.5, 0.6) is 11.5 Å². The van der Waals surface area contributed by atoms with Gasteiger partial charge in [0.2, 0.25) is 0 Å². The van der Waals surface area contributed by atoms with Crippen LogP contribution >= 0.6 is 11.6 Å². The van der Waals surface area contributed by atoms with Crippen molar-refractivity contribution in [2.24, 2.45) is 0 Å². The van der Waals surface area contributed by atoms with Crippen LogP contribution in [0.15, 0.2) is 60.7 Å². The number of carbonyl (C=O) groups is 1. The molecule has 0 aliphatic carbocycles. The summed E-state index contributed by atoms with van der Waals surface area (Å²) in [5.41, 5.74) is 2.30. The molecule has 0 aliphatic heterocycles. The Morgan fingerprint density at radius 1 is 1.00 bits per heavy atom. The van der Waals surface area contributed by atoms with Gasteiger partial charge in [-0.3, -0.25) is 4.79 Å². The molecule has 0 N–H and O–H groups in total. The van der Waals surface area contributed by atoms with E-state index in [1.54, 1.807) is 42.5 Å². The number of rotatable bonds is 6. The Morgan fingerprint density at radius 3 is 2.37 bits per heavy atom. The third-order valence-electron chi connectivity index (χ3n) is 3.97. The lowest BCUT2D eigenvalue weighted by atomic mass is 10.0. The lowest BCUT2D eigenvalue weighted by molar-refractivity contribution is 0.108. The van der Waals surface area contributed by atoms with Crippen LogP contribution in [0.1, 0.15) is 15.9 Å². The molecule has 3 aromatic rings. The topological polar surface area (TPSA) is 35.5 Å². The molecule has 0 atom stereocenters. The molecule has 0 saturated carbocycles. The van der Waals surface area contributed by atoms with Crippen LogP contribution < -0.4 is 9.47 Å². The molecule has 0 heterocycles. The summed E-state index contributed by atoms with van der Waals surface area (Å²) in [5, 5.41) is -0.526. The lowest BCUT2D eigenvalue weighted by Gasteiger charge is -2.11. The summed E-state index contributed by atoms with van der Waals surface area (Å²) < 4.78 is 37.8. The third kappa shape index (κ3) is 4.44. The van der Waals surface area contributed by atoms with Crippen LogP contribution in [0.3, 0.4) is 0 Å². The molecule has 0 aliphatic rings. The molecule has 0 amide bonds. The largest absolute Gasteiger partial charge is 0.496 e. The maximum absolute atomic E-state index is 13.6. The number of hydrogen-bond acceptors (Lipinski definition) is 3. The first kappa shape index (κ1) is 18.9. The van der Waals surface area contributed by atoms with Gasteiger partial charge in [0.25, 0.3) is 5.24 Å². The van der Waals surface area contributed by atoms with Gasteiger partial charge in [0.05, 0.1) is 7.11 Å². The van der Waals surface area contributed by atoms with E-state index < -0.39 is 16.9 Å². The molecule has 0 radical (unpaired) electrons. The highest BCUT2D eigenvalue weighted by molar-refractivity contribution is 6.67. The van der Waals surface area contributed by atoms with Crippen LogP contribution in [-0.2, 0) is 6.61 Å². The number of hydrogen-bond donors (Lipinski definition) is 0. The van der Waals surface area contributed by atoms with Gasteiger partial charge in [-0.1, -0.05) is 30.3 Å². The molecule has 0 fully saturated rings. The lowest BCUT2D eigenvalue weighted by Crippen LogP contribution is -1.98. The van der Waals surface area contributed by atoms with E-state index in [4.69, 9.17) is 21.1 Å². The summed E-state index contributed by atoms with van der Waals surface area (Å²) in [6, 6.07) is 15.8. The molecule has 138 valence electrons. The van der Waals surface area contributed by atoms with E-state index in [-0.39, 0.29) is 12.4 Å². The summed E-state index contributed by atoms with van der Waals surface area (Å²) in [4.78, 5) is 11.2. The Balaban J connectivity index is 1.75. The molecule has 6 heteroatoms. The highest BCUT2D eigenvalue weighted by Crippen LogP contribution is 2.33. The van der Waals surface area contributed by atoms with Crippen molar-refractivity contribution >= 4 is 16.8 Å². The molecule has 0 bridgehead atoms. The van der Waals surface area contributed by atoms with Gasteiger partial charge in [-0.05, 0) is 47.0 Å². The standard InChI is InChI=1S/C21H15ClF2O3/c1-26-20-11-19(24)18(23)10-17(20)14-5-7-16(8-6-14)27-12-13-3-2-4-15(9-13)21(22)25/h2-11H,12H2,1H3. The van der Waals surface area contributed by atoms with Crippen molar-refractivity contribution in [3.8, 4) is 22.6 Å². The predicted molar refractivity (Wildman–Crippen MR) is 99.3 cm³/mol. The molecule has 0 aromatic heterocycles. The van der Waals surface area contributed by atoms with Crippen molar-refractivity contribution in [1.82, 2.24) is 0 Å². The van der Waals surface area contributed by atoms with E-state index in [9.17, 15) is 13.6 Å². The van der Waals surface area contributed by atoms with E-state index in [1.165, 1.54) is 7.11 Å². The van der Waals surface area contributed by atoms with Gasteiger partial charge in [0.1, 0.15) is 18.1 Å². The number of methoxy groups -OCH3 is 1. The second kappa shape index (κ2) is 8.18. The van der Waals surface area contributed by atoms with Crippen LogP contribution in [-0.4, -0.2) is 12.4 Å². The van der Waals surface area contributed by atoms with Gasteiger partial charge in [-0.25, -0.2) is 8.78 Å². The molecular weight excluding hydrogens is 374 g/mol. The van der Waals surface area contributed by atoms with Gasteiger partial charge in [-0.2, -0.15) is 0 Å². The summed E-state index contributed by atoms with van der Waals surface area (Å²) in [7, 11) is 1.40. The van der Waals surface area contributed by atoms with Gasteiger partial charge in [0.15, 0.2) is 11.6 Å².